The van der Waals surface area contributed by atoms with Crippen molar-refractivity contribution in [2.75, 3.05) is 34.3 Å². The summed E-state index contributed by atoms with van der Waals surface area (Å²) < 4.78 is 17.7. The van der Waals surface area contributed by atoms with Crippen LogP contribution in [0.4, 0.5) is 0 Å². The highest BCUT2D eigenvalue weighted by molar-refractivity contribution is 6.46. The van der Waals surface area contributed by atoms with Crippen LogP contribution in [-0.2, 0) is 22.8 Å². The second-order valence-corrected chi connectivity index (χ2v) is 11.6. The number of carbonyl (C=O) groups is 2. The van der Waals surface area contributed by atoms with Crippen molar-refractivity contribution in [1.29, 1.82) is 0 Å². The van der Waals surface area contributed by atoms with E-state index in [9.17, 15) is 14.7 Å². The van der Waals surface area contributed by atoms with Crippen LogP contribution in [0.15, 0.2) is 103 Å². The van der Waals surface area contributed by atoms with Gasteiger partial charge in [-0.05, 0) is 92.6 Å². The number of benzene rings is 4. The van der Waals surface area contributed by atoms with Gasteiger partial charge < -0.3 is 29.1 Å². The number of aliphatic hydroxyl groups excluding tert-OH is 1. The van der Waals surface area contributed by atoms with E-state index in [2.05, 4.69) is 0 Å². The van der Waals surface area contributed by atoms with E-state index in [1.807, 2.05) is 86.6 Å². The minimum Gasteiger partial charge on any atom is -0.507 e. The molecular formula is C38H40N2O6. The Morgan fingerprint density at radius 3 is 2.26 bits per heavy atom. The van der Waals surface area contributed by atoms with Gasteiger partial charge in [0.25, 0.3) is 11.7 Å². The number of likely N-dealkylation sites (tertiary alicyclic amines) is 1. The molecule has 46 heavy (non-hydrogen) atoms. The predicted molar refractivity (Wildman–Crippen MR) is 178 cm³/mol. The molecule has 1 aliphatic rings. The van der Waals surface area contributed by atoms with Gasteiger partial charge in [-0.15, -0.1) is 0 Å². The zero-order valence-corrected chi connectivity index (χ0v) is 26.7. The van der Waals surface area contributed by atoms with Crippen molar-refractivity contribution in [3.8, 4) is 17.2 Å². The van der Waals surface area contributed by atoms with E-state index < -0.39 is 17.7 Å². The Bertz CT molecular complexity index is 1700. The number of carbonyl (C=O) groups excluding carboxylic acids is 2. The third-order valence-electron chi connectivity index (χ3n) is 8.07. The first kappa shape index (κ1) is 32.3. The Balaban J connectivity index is 1.45. The number of aryl methyl sites for hydroxylation is 1. The highest BCUT2D eigenvalue weighted by atomic mass is 16.5. The third kappa shape index (κ3) is 7.41. The highest BCUT2D eigenvalue weighted by Crippen LogP contribution is 2.42. The lowest BCUT2D eigenvalue weighted by Crippen LogP contribution is -2.32. The number of hydrogen-bond donors (Lipinski definition) is 1. The number of aliphatic hydroxyl groups is 1. The van der Waals surface area contributed by atoms with Crippen molar-refractivity contribution in [3.63, 3.8) is 0 Å². The lowest BCUT2D eigenvalue weighted by atomic mass is 9.95. The smallest absolute Gasteiger partial charge is 0.295 e. The quantitative estimate of drug-likeness (QED) is 0.103. The molecule has 1 unspecified atom stereocenters. The van der Waals surface area contributed by atoms with Crippen LogP contribution < -0.4 is 14.2 Å². The SMILES string of the molecule is COc1cc(C2C(=C(O)c3ccc(OCc4ccccc4C)cc3)C(=O)C(=O)N2CCCN(C)C)ccc1OCc1ccccc1. The number of ketones is 1. The van der Waals surface area contributed by atoms with Gasteiger partial charge in [-0.3, -0.25) is 9.59 Å². The first-order chi connectivity index (χ1) is 22.3. The molecule has 1 aliphatic heterocycles. The summed E-state index contributed by atoms with van der Waals surface area (Å²) in [6.45, 7) is 3.86. The number of methoxy groups -OCH3 is 1. The van der Waals surface area contributed by atoms with Gasteiger partial charge in [-0.2, -0.15) is 0 Å². The molecule has 8 heteroatoms. The summed E-state index contributed by atoms with van der Waals surface area (Å²) in [5.74, 6) is -0.00511. The van der Waals surface area contributed by atoms with Crippen LogP contribution >= 0.6 is 0 Å². The maximum atomic E-state index is 13.6. The maximum absolute atomic E-state index is 13.6. The summed E-state index contributed by atoms with van der Waals surface area (Å²) in [6, 6.07) is 29.2. The van der Waals surface area contributed by atoms with E-state index in [1.165, 1.54) is 4.90 Å². The van der Waals surface area contributed by atoms with Crippen molar-refractivity contribution < 1.29 is 28.9 Å². The molecular weight excluding hydrogens is 580 g/mol. The molecule has 0 aromatic heterocycles. The standard InChI is InChI=1S/C38H40N2O6/c1-26-11-8-9-14-30(26)25-45-31-18-15-28(16-19-31)36(41)34-35(40(38(43)37(34)42)22-10-21-39(2)3)29-17-20-32(33(23-29)44-4)46-24-27-12-6-5-7-13-27/h5-9,11-20,23,35,41H,10,21-22,24-25H2,1-4H3. The lowest BCUT2D eigenvalue weighted by molar-refractivity contribution is -0.139. The van der Waals surface area contributed by atoms with Gasteiger partial charge in [0.1, 0.15) is 24.7 Å². The van der Waals surface area contributed by atoms with Crippen molar-refractivity contribution in [1.82, 2.24) is 9.80 Å². The molecule has 0 spiro atoms. The van der Waals surface area contributed by atoms with Crippen LogP contribution in [0.1, 0.15) is 40.3 Å². The molecule has 0 saturated carbocycles. The van der Waals surface area contributed by atoms with Crippen molar-refractivity contribution in [2.45, 2.75) is 32.6 Å². The fourth-order valence-corrected chi connectivity index (χ4v) is 5.52. The van der Waals surface area contributed by atoms with Crippen LogP contribution in [0.25, 0.3) is 5.76 Å². The summed E-state index contributed by atoms with van der Waals surface area (Å²) in [7, 11) is 5.46. The number of hydrogen-bond acceptors (Lipinski definition) is 7. The Kier molecular flexibility index (Phi) is 10.4. The van der Waals surface area contributed by atoms with Crippen LogP contribution in [0.3, 0.4) is 0 Å². The lowest BCUT2D eigenvalue weighted by Gasteiger charge is -2.26. The molecule has 238 valence electrons. The van der Waals surface area contributed by atoms with Gasteiger partial charge in [0, 0.05) is 12.1 Å². The first-order valence-electron chi connectivity index (χ1n) is 15.3. The second-order valence-electron chi connectivity index (χ2n) is 11.6. The highest BCUT2D eigenvalue weighted by Gasteiger charge is 2.46. The Morgan fingerprint density at radius 1 is 0.848 bits per heavy atom. The number of rotatable bonds is 13. The van der Waals surface area contributed by atoms with Gasteiger partial charge in [0.2, 0.25) is 0 Å². The summed E-state index contributed by atoms with van der Waals surface area (Å²) >= 11 is 0. The summed E-state index contributed by atoms with van der Waals surface area (Å²) in [5.41, 5.74) is 4.30. The molecule has 1 saturated heterocycles. The van der Waals surface area contributed by atoms with Gasteiger partial charge in [-0.1, -0.05) is 60.7 Å². The fraction of sp³-hybridized carbons (Fsp3) is 0.263. The van der Waals surface area contributed by atoms with Crippen LogP contribution in [0, 0.1) is 6.92 Å². The van der Waals surface area contributed by atoms with E-state index in [0.29, 0.717) is 54.6 Å². The molecule has 1 heterocycles. The molecule has 0 bridgehead atoms. The minimum atomic E-state index is -0.809. The average molecular weight is 621 g/mol. The van der Waals surface area contributed by atoms with Gasteiger partial charge in [0.15, 0.2) is 11.5 Å². The van der Waals surface area contributed by atoms with Crippen molar-refractivity contribution >= 4 is 17.4 Å². The van der Waals surface area contributed by atoms with Crippen molar-refractivity contribution in [3.05, 3.63) is 130 Å². The average Bonchev–Trinajstić information content (AvgIpc) is 3.32. The monoisotopic (exact) mass is 620 g/mol. The third-order valence-corrected chi connectivity index (χ3v) is 8.07. The number of ether oxygens (including phenoxy) is 3. The summed E-state index contributed by atoms with van der Waals surface area (Å²) in [6.07, 6.45) is 0.652. The molecule has 1 atom stereocenters. The largest absolute Gasteiger partial charge is 0.507 e. The Labute approximate surface area is 270 Å². The molecule has 4 aromatic rings. The topological polar surface area (TPSA) is 88.5 Å². The summed E-state index contributed by atoms with van der Waals surface area (Å²) in [4.78, 5) is 30.5. The number of nitrogens with zero attached hydrogens (tertiary/aromatic N) is 2. The second kappa shape index (κ2) is 14.8. The molecule has 4 aromatic carbocycles. The number of Topliss-reactive ketones (excluding diaryl/α,β-unsaturated/α-hetero) is 1. The van der Waals surface area contributed by atoms with Crippen LogP contribution in [-0.4, -0.2) is 60.9 Å². The fourth-order valence-electron chi connectivity index (χ4n) is 5.52. The molecule has 8 nitrogen and oxygen atoms in total. The van der Waals surface area contributed by atoms with Gasteiger partial charge in [0.05, 0.1) is 18.7 Å². The van der Waals surface area contributed by atoms with Gasteiger partial charge >= 0.3 is 0 Å². The molecule has 1 N–H and O–H groups in total. The van der Waals surface area contributed by atoms with Crippen molar-refractivity contribution in [2.24, 2.45) is 0 Å². The summed E-state index contributed by atoms with van der Waals surface area (Å²) in [5, 5.41) is 11.6. The van der Waals surface area contributed by atoms with Gasteiger partial charge in [-0.25, -0.2) is 0 Å². The zero-order chi connectivity index (χ0) is 32.6. The molecule has 5 rings (SSSR count). The molecule has 0 aliphatic carbocycles. The zero-order valence-electron chi connectivity index (χ0n) is 26.7. The molecule has 1 fully saturated rings. The van der Waals surface area contributed by atoms with E-state index >= 15 is 0 Å². The van der Waals surface area contributed by atoms with E-state index in [1.54, 1.807) is 43.5 Å². The number of amides is 1. The first-order valence-corrected chi connectivity index (χ1v) is 15.3. The van der Waals surface area contributed by atoms with Crippen LogP contribution in [0.2, 0.25) is 0 Å². The normalized spacial score (nSPS) is 15.8. The Morgan fingerprint density at radius 2 is 1.57 bits per heavy atom. The minimum absolute atomic E-state index is 0.0310. The molecule has 1 amide bonds. The Hall–Kier alpha value is -5.08. The van der Waals surface area contributed by atoms with E-state index in [-0.39, 0.29) is 11.3 Å². The van der Waals surface area contributed by atoms with Crippen LogP contribution in [0.5, 0.6) is 17.2 Å². The predicted octanol–water partition coefficient (Wildman–Crippen LogP) is 6.54. The maximum Gasteiger partial charge on any atom is 0.295 e. The van der Waals surface area contributed by atoms with E-state index in [0.717, 1.165) is 23.2 Å². The van der Waals surface area contributed by atoms with E-state index in [4.69, 9.17) is 14.2 Å². The molecule has 0 radical (unpaired) electrons.